The molecule has 0 fully saturated rings. The Hall–Kier alpha value is -3.87. The Bertz CT molecular complexity index is 1160. The number of hydrogen-bond acceptors (Lipinski definition) is 4. The van der Waals surface area contributed by atoms with Gasteiger partial charge in [0.2, 0.25) is 11.8 Å². The van der Waals surface area contributed by atoms with Crippen molar-refractivity contribution in [1.82, 2.24) is 0 Å². The maximum atomic E-state index is 12.8. The SMILES string of the molecule is CC1(C)C(=O)N(CCC(=O)Nc2ccc(-c3ccc(C(N)=O)o3)cc2)c2ccccc21. The van der Waals surface area contributed by atoms with Gasteiger partial charge in [0.25, 0.3) is 5.91 Å². The molecule has 0 unspecified atom stereocenters. The highest BCUT2D eigenvalue weighted by atomic mass is 16.3. The van der Waals surface area contributed by atoms with Crippen LogP contribution in [-0.4, -0.2) is 24.3 Å². The van der Waals surface area contributed by atoms with Crippen molar-refractivity contribution in [2.45, 2.75) is 25.7 Å². The van der Waals surface area contributed by atoms with E-state index < -0.39 is 11.3 Å². The first-order valence-corrected chi connectivity index (χ1v) is 9.99. The topological polar surface area (TPSA) is 106 Å². The van der Waals surface area contributed by atoms with Crippen LogP contribution in [0.3, 0.4) is 0 Å². The fraction of sp³-hybridized carbons (Fsp3) is 0.208. The van der Waals surface area contributed by atoms with Crippen molar-refractivity contribution in [3.8, 4) is 11.3 Å². The summed E-state index contributed by atoms with van der Waals surface area (Å²) >= 11 is 0. The van der Waals surface area contributed by atoms with E-state index in [0.717, 1.165) is 16.8 Å². The van der Waals surface area contributed by atoms with Crippen molar-refractivity contribution in [2.75, 3.05) is 16.8 Å². The Labute approximate surface area is 179 Å². The molecule has 0 radical (unpaired) electrons. The van der Waals surface area contributed by atoms with Gasteiger partial charge in [-0.25, -0.2) is 0 Å². The Balaban J connectivity index is 1.38. The summed E-state index contributed by atoms with van der Waals surface area (Å²) in [5.74, 6) is -0.205. The van der Waals surface area contributed by atoms with Crippen LogP contribution in [0.4, 0.5) is 11.4 Å². The molecular formula is C24H23N3O4. The van der Waals surface area contributed by atoms with Crippen molar-refractivity contribution in [1.29, 1.82) is 0 Å². The molecule has 2 heterocycles. The number of furan rings is 1. The number of hydrogen-bond donors (Lipinski definition) is 2. The fourth-order valence-electron chi connectivity index (χ4n) is 3.80. The highest BCUT2D eigenvalue weighted by Crippen LogP contribution is 2.41. The molecule has 7 heteroatoms. The van der Waals surface area contributed by atoms with Gasteiger partial charge in [0.1, 0.15) is 5.76 Å². The number of carbonyl (C=O) groups is 3. The van der Waals surface area contributed by atoms with Gasteiger partial charge in [0.05, 0.1) is 5.41 Å². The summed E-state index contributed by atoms with van der Waals surface area (Å²) in [6.45, 7) is 4.12. The summed E-state index contributed by atoms with van der Waals surface area (Å²) in [7, 11) is 0. The second kappa shape index (κ2) is 7.75. The number of anilines is 2. The van der Waals surface area contributed by atoms with Gasteiger partial charge in [0, 0.05) is 29.9 Å². The van der Waals surface area contributed by atoms with E-state index in [2.05, 4.69) is 5.32 Å². The predicted molar refractivity (Wildman–Crippen MR) is 118 cm³/mol. The maximum Gasteiger partial charge on any atom is 0.284 e. The van der Waals surface area contributed by atoms with Crippen LogP contribution in [0.2, 0.25) is 0 Å². The number of benzene rings is 2. The second-order valence-electron chi connectivity index (χ2n) is 8.00. The smallest absolute Gasteiger partial charge is 0.284 e. The van der Waals surface area contributed by atoms with Crippen LogP contribution in [-0.2, 0) is 15.0 Å². The van der Waals surface area contributed by atoms with E-state index in [1.165, 1.54) is 6.07 Å². The van der Waals surface area contributed by atoms with Crippen molar-refractivity contribution < 1.29 is 18.8 Å². The van der Waals surface area contributed by atoms with Crippen LogP contribution in [0.15, 0.2) is 65.1 Å². The molecule has 4 rings (SSSR count). The Morgan fingerprint density at radius 3 is 2.42 bits per heavy atom. The van der Waals surface area contributed by atoms with E-state index in [1.807, 2.05) is 38.1 Å². The Morgan fingerprint density at radius 2 is 1.74 bits per heavy atom. The molecule has 0 atom stereocenters. The van der Waals surface area contributed by atoms with Gasteiger partial charge in [-0.2, -0.15) is 0 Å². The molecule has 1 aliphatic rings. The molecule has 0 bridgehead atoms. The van der Waals surface area contributed by atoms with Crippen LogP contribution in [0.25, 0.3) is 11.3 Å². The summed E-state index contributed by atoms with van der Waals surface area (Å²) in [6, 6.07) is 17.9. The average molecular weight is 417 g/mol. The van der Waals surface area contributed by atoms with Crippen molar-refractivity contribution in [2.24, 2.45) is 5.73 Å². The molecule has 3 aromatic rings. The minimum Gasteiger partial charge on any atom is -0.451 e. The molecule has 158 valence electrons. The van der Waals surface area contributed by atoms with Crippen molar-refractivity contribution in [3.63, 3.8) is 0 Å². The lowest BCUT2D eigenvalue weighted by atomic mass is 9.86. The van der Waals surface area contributed by atoms with Gasteiger partial charge in [-0.1, -0.05) is 18.2 Å². The number of fused-ring (bicyclic) bond motifs is 1. The largest absolute Gasteiger partial charge is 0.451 e. The van der Waals surface area contributed by atoms with E-state index in [9.17, 15) is 14.4 Å². The minimum atomic E-state index is -0.627. The third-order valence-electron chi connectivity index (χ3n) is 5.51. The van der Waals surface area contributed by atoms with Gasteiger partial charge >= 0.3 is 0 Å². The zero-order chi connectivity index (χ0) is 22.2. The lowest BCUT2D eigenvalue weighted by Crippen LogP contribution is -2.37. The molecule has 3 amide bonds. The van der Waals surface area contributed by atoms with Gasteiger partial charge in [-0.15, -0.1) is 0 Å². The quantitative estimate of drug-likeness (QED) is 0.638. The van der Waals surface area contributed by atoms with E-state index in [1.54, 1.807) is 35.2 Å². The monoisotopic (exact) mass is 417 g/mol. The highest BCUT2D eigenvalue weighted by molar-refractivity contribution is 6.08. The maximum absolute atomic E-state index is 12.8. The molecule has 7 nitrogen and oxygen atoms in total. The van der Waals surface area contributed by atoms with Gasteiger partial charge in [-0.3, -0.25) is 14.4 Å². The zero-order valence-corrected chi connectivity index (χ0v) is 17.3. The summed E-state index contributed by atoms with van der Waals surface area (Å²) in [6.07, 6.45) is 0.179. The second-order valence-corrected chi connectivity index (χ2v) is 8.00. The minimum absolute atomic E-state index is 0.000342. The number of carbonyl (C=O) groups excluding carboxylic acids is 3. The lowest BCUT2D eigenvalue weighted by Gasteiger charge is -2.20. The predicted octanol–water partition coefficient (Wildman–Crippen LogP) is 3.70. The first-order valence-electron chi connectivity index (χ1n) is 9.99. The van der Waals surface area contributed by atoms with Crippen LogP contribution in [0, 0.1) is 0 Å². The number of amides is 3. The Morgan fingerprint density at radius 1 is 1.03 bits per heavy atom. The summed E-state index contributed by atoms with van der Waals surface area (Å²) in [5, 5.41) is 2.85. The van der Waals surface area contributed by atoms with E-state index in [-0.39, 0.29) is 24.0 Å². The number of nitrogens with zero attached hydrogens (tertiary/aromatic N) is 1. The number of para-hydroxylation sites is 1. The standard InChI is InChI=1S/C24H23N3O4/c1-24(2)17-5-3-4-6-18(17)27(23(24)30)14-13-21(28)26-16-9-7-15(8-10-16)19-11-12-20(31-19)22(25)29/h3-12H,13-14H2,1-2H3,(H2,25,29)(H,26,28). The molecule has 0 spiro atoms. The number of primary amides is 1. The zero-order valence-electron chi connectivity index (χ0n) is 17.3. The number of rotatable bonds is 6. The lowest BCUT2D eigenvalue weighted by molar-refractivity contribution is -0.122. The van der Waals surface area contributed by atoms with E-state index in [0.29, 0.717) is 18.0 Å². The van der Waals surface area contributed by atoms with Gasteiger partial charge < -0.3 is 20.4 Å². The fourth-order valence-corrected chi connectivity index (χ4v) is 3.80. The van der Waals surface area contributed by atoms with Crippen LogP contribution < -0.4 is 16.0 Å². The van der Waals surface area contributed by atoms with Crippen LogP contribution in [0.5, 0.6) is 0 Å². The van der Waals surface area contributed by atoms with Gasteiger partial charge in [0.15, 0.2) is 5.76 Å². The van der Waals surface area contributed by atoms with E-state index >= 15 is 0 Å². The molecule has 0 aliphatic carbocycles. The number of nitrogens with two attached hydrogens (primary N) is 1. The normalized spacial score (nSPS) is 14.4. The summed E-state index contributed by atoms with van der Waals surface area (Å²) in [5.41, 5.74) is 7.84. The van der Waals surface area contributed by atoms with Crippen molar-refractivity contribution in [3.05, 3.63) is 72.0 Å². The van der Waals surface area contributed by atoms with Gasteiger partial charge in [-0.05, 0) is 61.9 Å². The Kier molecular flexibility index (Phi) is 5.10. The molecule has 31 heavy (non-hydrogen) atoms. The van der Waals surface area contributed by atoms with E-state index in [4.69, 9.17) is 10.2 Å². The highest BCUT2D eigenvalue weighted by Gasteiger charge is 2.43. The van der Waals surface area contributed by atoms with Crippen molar-refractivity contribution >= 4 is 29.1 Å². The van der Waals surface area contributed by atoms with Crippen LogP contribution in [0.1, 0.15) is 36.4 Å². The molecule has 0 saturated carbocycles. The average Bonchev–Trinajstić information content (AvgIpc) is 3.31. The van der Waals surface area contributed by atoms with Crippen LogP contribution >= 0.6 is 0 Å². The first-order chi connectivity index (χ1) is 14.8. The molecule has 1 aliphatic heterocycles. The molecule has 1 aromatic heterocycles. The number of nitrogens with one attached hydrogen (secondary N) is 1. The third kappa shape index (κ3) is 3.82. The third-order valence-corrected chi connectivity index (χ3v) is 5.51. The first kappa shape index (κ1) is 20.4. The molecule has 2 aromatic carbocycles. The summed E-state index contributed by atoms with van der Waals surface area (Å²) < 4.78 is 5.40. The molecular weight excluding hydrogens is 394 g/mol. The molecule has 0 saturated heterocycles. The molecule has 3 N–H and O–H groups in total. The summed E-state index contributed by atoms with van der Waals surface area (Å²) in [4.78, 5) is 38.1.